The number of anilines is 1. The fraction of sp³-hybridized carbons (Fsp3) is 0.364. The van der Waals surface area contributed by atoms with E-state index in [4.69, 9.17) is 14.2 Å². The number of aryl methyl sites for hydroxylation is 2. The van der Waals surface area contributed by atoms with E-state index in [1.807, 2.05) is 30.3 Å². The molecule has 2 aromatic rings. The van der Waals surface area contributed by atoms with Crippen LogP contribution in [0.5, 0.6) is 11.5 Å². The van der Waals surface area contributed by atoms with Gasteiger partial charge in [0, 0.05) is 12.1 Å². The smallest absolute Gasteiger partial charge is 0.306 e. The molecule has 0 atom stereocenters. The van der Waals surface area contributed by atoms with Gasteiger partial charge in [-0.05, 0) is 73.2 Å². The zero-order chi connectivity index (χ0) is 19.8. The third-order valence-electron chi connectivity index (χ3n) is 4.60. The number of fused-ring (bicyclic) bond motifs is 1. The molecule has 28 heavy (non-hydrogen) atoms. The largest absolute Gasteiger partial charge is 0.497 e. The van der Waals surface area contributed by atoms with Crippen LogP contribution in [-0.4, -0.2) is 32.2 Å². The van der Waals surface area contributed by atoms with Crippen molar-refractivity contribution in [2.45, 2.75) is 32.1 Å². The van der Waals surface area contributed by atoms with Gasteiger partial charge in [0.25, 0.3) is 5.91 Å². The summed E-state index contributed by atoms with van der Waals surface area (Å²) in [5.41, 5.74) is 3.38. The number of nitrogens with one attached hydrogen (secondary N) is 1. The minimum Gasteiger partial charge on any atom is -0.497 e. The first-order chi connectivity index (χ1) is 13.6. The minimum absolute atomic E-state index is 0.197. The molecule has 0 unspecified atom stereocenters. The average Bonchev–Trinajstić information content (AvgIpc) is 3.18. The second-order valence-electron chi connectivity index (χ2n) is 6.67. The van der Waals surface area contributed by atoms with Gasteiger partial charge in [-0.3, -0.25) is 9.59 Å². The highest BCUT2D eigenvalue weighted by Gasteiger charge is 2.13. The zero-order valence-corrected chi connectivity index (χ0v) is 16.0. The number of hydrogen-bond acceptors (Lipinski definition) is 5. The lowest BCUT2D eigenvalue weighted by Gasteiger charge is -2.09. The summed E-state index contributed by atoms with van der Waals surface area (Å²) >= 11 is 0. The fourth-order valence-electron chi connectivity index (χ4n) is 3.14. The summed E-state index contributed by atoms with van der Waals surface area (Å²) in [6.45, 7) is 0.109. The lowest BCUT2D eigenvalue weighted by Crippen LogP contribution is -2.21. The molecule has 3 rings (SSSR count). The zero-order valence-electron chi connectivity index (χ0n) is 16.0. The van der Waals surface area contributed by atoms with Crippen LogP contribution < -0.4 is 14.8 Å². The molecule has 1 N–H and O–H groups in total. The second kappa shape index (κ2) is 9.78. The molecule has 0 heterocycles. The van der Waals surface area contributed by atoms with Crippen molar-refractivity contribution in [1.29, 1.82) is 0 Å². The SMILES string of the molecule is COc1ccc(OCCCC(=O)OCC(=O)Nc2ccc3c(c2)CCC3)cc1. The van der Waals surface area contributed by atoms with Crippen LogP contribution >= 0.6 is 0 Å². The van der Waals surface area contributed by atoms with Gasteiger partial charge in [-0.2, -0.15) is 0 Å². The summed E-state index contributed by atoms with van der Waals surface area (Å²) in [6, 6.07) is 13.2. The maximum atomic E-state index is 12.0. The highest BCUT2D eigenvalue weighted by molar-refractivity contribution is 5.92. The molecule has 0 spiro atoms. The summed E-state index contributed by atoms with van der Waals surface area (Å²) in [4.78, 5) is 23.7. The van der Waals surface area contributed by atoms with Crippen LogP contribution in [-0.2, 0) is 27.2 Å². The van der Waals surface area contributed by atoms with E-state index in [1.54, 1.807) is 19.2 Å². The third kappa shape index (κ3) is 5.74. The van der Waals surface area contributed by atoms with E-state index in [0.29, 0.717) is 18.8 Å². The third-order valence-corrected chi connectivity index (χ3v) is 4.60. The summed E-state index contributed by atoms with van der Waals surface area (Å²) < 4.78 is 15.7. The Morgan fingerprint density at radius 2 is 1.75 bits per heavy atom. The number of esters is 1. The van der Waals surface area contributed by atoms with E-state index in [1.165, 1.54) is 11.1 Å². The predicted octanol–water partition coefficient (Wildman–Crippen LogP) is 3.52. The monoisotopic (exact) mass is 383 g/mol. The first kappa shape index (κ1) is 19.7. The maximum Gasteiger partial charge on any atom is 0.306 e. The number of ether oxygens (including phenoxy) is 3. The molecule has 1 aliphatic rings. The van der Waals surface area contributed by atoms with Gasteiger partial charge in [0.1, 0.15) is 11.5 Å². The molecular weight excluding hydrogens is 358 g/mol. The molecule has 2 aromatic carbocycles. The van der Waals surface area contributed by atoms with Crippen molar-refractivity contribution < 1.29 is 23.8 Å². The Kier molecular flexibility index (Phi) is 6.89. The number of carbonyl (C=O) groups excluding carboxylic acids is 2. The van der Waals surface area contributed by atoms with Crippen molar-refractivity contribution in [2.24, 2.45) is 0 Å². The maximum absolute atomic E-state index is 12.0. The summed E-state index contributed by atoms with van der Waals surface area (Å²) in [6.07, 6.45) is 4.02. The van der Waals surface area contributed by atoms with Gasteiger partial charge >= 0.3 is 5.97 Å². The molecule has 0 saturated carbocycles. The Balaban J connectivity index is 1.30. The van der Waals surface area contributed by atoms with Crippen molar-refractivity contribution in [3.8, 4) is 11.5 Å². The molecular formula is C22H25NO5. The second-order valence-corrected chi connectivity index (χ2v) is 6.67. The molecule has 0 aliphatic heterocycles. The Labute approximate surface area is 164 Å². The molecule has 0 bridgehead atoms. The molecule has 0 radical (unpaired) electrons. The normalized spacial score (nSPS) is 12.2. The van der Waals surface area contributed by atoms with Crippen LogP contribution in [0.3, 0.4) is 0 Å². The van der Waals surface area contributed by atoms with Crippen molar-refractivity contribution in [1.82, 2.24) is 0 Å². The highest BCUT2D eigenvalue weighted by Crippen LogP contribution is 2.24. The van der Waals surface area contributed by atoms with E-state index in [-0.39, 0.29) is 18.9 Å². The van der Waals surface area contributed by atoms with Gasteiger partial charge in [-0.1, -0.05) is 6.07 Å². The van der Waals surface area contributed by atoms with Crippen molar-refractivity contribution >= 4 is 17.6 Å². The van der Waals surface area contributed by atoms with E-state index in [9.17, 15) is 9.59 Å². The standard InChI is InChI=1S/C22H25NO5/c1-26-19-9-11-20(12-10-19)27-13-3-6-22(25)28-15-21(24)23-18-8-7-16-4-2-5-17(16)14-18/h7-12,14H,2-6,13,15H2,1H3,(H,23,24). The molecule has 1 aliphatic carbocycles. The first-order valence-corrected chi connectivity index (χ1v) is 9.48. The van der Waals surface area contributed by atoms with E-state index >= 15 is 0 Å². The van der Waals surface area contributed by atoms with Crippen molar-refractivity contribution in [2.75, 3.05) is 25.6 Å². The highest BCUT2D eigenvalue weighted by atomic mass is 16.5. The van der Waals surface area contributed by atoms with Gasteiger partial charge in [0.15, 0.2) is 6.61 Å². The van der Waals surface area contributed by atoms with Crippen LogP contribution in [0.1, 0.15) is 30.4 Å². The van der Waals surface area contributed by atoms with E-state index in [0.717, 1.165) is 30.7 Å². The molecule has 6 nitrogen and oxygen atoms in total. The minimum atomic E-state index is -0.414. The van der Waals surface area contributed by atoms with Crippen LogP contribution in [0.4, 0.5) is 5.69 Å². The van der Waals surface area contributed by atoms with Crippen molar-refractivity contribution in [3.05, 3.63) is 53.6 Å². The number of carbonyl (C=O) groups is 2. The number of amides is 1. The summed E-state index contributed by atoms with van der Waals surface area (Å²) in [5.74, 6) is 0.722. The van der Waals surface area contributed by atoms with Crippen LogP contribution in [0, 0.1) is 0 Å². The summed E-state index contributed by atoms with van der Waals surface area (Å²) in [5, 5.41) is 2.77. The van der Waals surface area contributed by atoms with Gasteiger partial charge < -0.3 is 19.5 Å². The molecule has 6 heteroatoms. The van der Waals surface area contributed by atoms with Crippen LogP contribution in [0.25, 0.3) is 0 Å². The lowest BCUT2D eigenvalue weighted by atomic mass is 10.1. The molecule has 1 amide bonds. The van der Waals surface area contributed by atoms with Crippen molar-refractivity contribution in [3.63, 3.8) is 0 Å². The van der Waals surface area contributed by atoms with Crippen LogP contribution in [0.2, 0.25) is 0 Å². The number of benzene rings is 2. The predicted molar refractivity (Wildman–Crippen MR) is 106 cm³/mol. The number of methoxy groups -OCH3 is 1. The Morgan fingerprint density at radius 3 is 2.54 bits per heavy atom. The van der Waals surface area contributed by atoms with Gasteiger partial charge in [0.05, 0.1) is 13.7 Å². The first-order valence-electron chi connectivity index (χ1n) is 9.48. The Morgan fingerprint density at radius 1 is 1.00 bits per heavy atom. The molecule has 148 valence electrons. The van der Waals surface area contributed by atoms with Gasteiger partial charge in [-0.15, -0.1) is 0 Å². The average molecular weight is 383 g/mol. The fourth-order valence-corrected chi connectivity index (χ4v) is 3.14. The lowest BCUT2D eigenvalue weighted by molar-refractivity contribution is -0.147. The topological polar surface area (TPSA) is 73.9 Å². The molecule has 0 aromatic heterocycles. The van der Waals surface area contributed by atoms with E-state index in [2.05, 4.69) is 5.32 Å². The molecule has 0 saturated heterocycles. The Bertz CT molecular complexity index is 816. The number of hydrogen-bond donors (Lipinski definition) is 1. The van der Waals surface area contributed by atoms with Crippen LogP contribution in [0.15, 0.2) is 42.5 Å². The molecule has 0 fully saturated rings. The van der Waals surface area contributed by atoms with Gasteiger partial charge in [-0.25, -0.2) is 0 Å². The summed E-state index contributed by atoms with van der Waals surface area (Å²) in [7, 11) is 1.60. The van der Waals surface area contributed by atoms with Gasteiger partial charge in [0.2, 0.25) is 0 Å². The van der Waals surface area contributed by atoms with E-state index < -0.39 is 5.97 Å². The Hall–Kier alpha value is -3.02. The number of rotatable bonds is 9. The quantitative estimate of drug-likeness (QED) is 0.530.